The molecule has 0 amide bonds. The van der Waals surface area contributed by atoms with Gasteiger partial charge in [-0.05, 0) is 38.6 Å². The van der Waals surface area contributed by atoms with E-state index in [1.807, 2.05) is 6.33 Å². The van der Waals surface area contributed by atoms with Crippen molar-refractivity contribution in [2.24, 2.45) is 5.92 Å². The Balaban J connectivity index is 1.61. The monoisotopic (exact) mass is 288 g/mol. The topological polar surface area (TPSA) is 72.9 Å². The minimum absolute atomic E-state index is 0.456. The van der Waals surface area contributed by atoms with Gasteiger partial charge in [0.15, 0.2) is 11.5 Å². The fraction of sp³-hybridized carbons (Fsp3) is 0.667. The fourth-order valence-electron chi connectivity index (χ4n) is 3.24. The van der Waals surface area contributed by atoms with Crippen molar-refractivity contribution in [2.45, 2.75) is 45.7 Å². The highest BCUT2D eigenvalue weighted by atomic mass is 15.2. The average Bonchev–Trinajstić information content (AvgIpc) is 2.88. The highest BCUT2D eigenvalue weighted by molar-refractivity contribution is 5.80. The van der Waals surface area contributed by atoms with Crippen molar-refractivity contribution in [3.8, 4) is 0 Å². The Bertz CT molecular complexity index is 607. The molecule has 21 heavy (non-hydrogen) atoms. The lowest BCUT2D eigenvalue weighted by atomic mass is 9.92. The van der Waals surface area contributed by atoms with Crippen molar-refractivity contribution in [1.82, 2.24) is 24.4 Å². The Kier molecular flexibility index (Phi) is 4.05. The minimum Gasteiger partial charge on any atom is -0.382 e. The van der Waals surface area contributed by atoms with Crippen LogP contribution in [0, 0.1) is 5.92 Å². The Morgan fingerprint density at radius 2 is 2.10 bits per heavy atom. The number of rotatable bonds is 4. The third kappa shape index (κ3) is 2.85. The van der Waals surface area contributed by atoms with Crippen LogP contribution in [0.1, 0.15) is 33.1 Å². The molecule has 1 aliphatic rings. The van der Waals surface area contributed by atoms with Gasteiger partial charge >= 0.3 is 0 Å². The summed E-state index contributed by atoms with van der Waals surface area (Å²) < 4.78 is 2.07. The van der Waals surface area contributed by atoms with Gasteiger partial charge in [-0.15, -0.1) is 0 Å². The summed E-state index contributed by atoms with van der Waals surface area (Å²) in [5.74, 6) is 1.26. The second-order valence-electron chi connectivity index (χ2n) is 6.12. The van der Waals surface area contributed by atoms with E-state index in [-0.39, 0.29) is 0 Å². The normalized spacial score (nSPS) is 23.7. The number of hydrogen-bond acceptors (Lipinski definition) is 5. The number of nitrogens with two attached hydrogens (primary N) is 1. The van der Waals surface area contributed by atoms with Crippen molar-refractivity contribution in [1.29, 1.82) is 0 Å². The number of fused-ring (bicyclic) bond motifs is 1. The summed E-state index contributed by atoms with van der Waals surface area (Å²) in [5, 5.41) is 0. The van der Waals surface area contributed by atoms with E-state index < -0.39 is 0 Å². The molecule has 1 saturated heterocycles. The molecule has 114 valence electrons. The van der Waals surface area contributed by atoms with Crippen LogP contribution in [-0.4, -0.2) is 43.6 Å². The van der Waals surface area contributed by atoms with Crippen molar-refractivity contribution in [2.75, 3.05) is 18.8 Å². The third-order valence-corrected chi connectivity index (χ3v) is 4.78. The predicted molar refractivity (Wildman–Crippen MR) is 83.8 cm³/mol. The Labute approximate surface area is 125 Å². The minimum atomic E-state index is 0.456. The molecule has 0 aromatic carbocycles. The first-order chi connectivity index (χ1) is 10.2. The molecule has 2 N–H and O–H groups in total. The van der Waals surface area contributed by atoms with Crippen LogP contribution in [-0.2, 0) is 6.54 Å². The molecule has 1 aliphatic heterocycles. The maximum Gasteiger partial charge on any atom is 0.165 e. The number of likely N-dealkylation sites (tertiary alicyclic amines) is 1. The molecule has 3 heterocycles. The molecule has 0 radical (unpaired) electrons. The standard InChI is InChI=1S/C15H24N6/c1-11-5-3-6-20(12(11)2)7-4-8-21-10-19-13-14(16)17-9-18-15(13)21/h9-12H,3-8H2,1-2H3,(H2,16,17,18). The molecular weight excluding hydrogens is 264 g/mol. The lowest BCUT2D eigenvalue weighted by Crippen LogP contribution is -2.42. The highest BCUT2D eigenvalue weighted by Crippen LogP contribution is 2.23. The van der Waals surface area contributed by atoms with Gasteiger partial charge in [0.1, 0.15) is 11.8 Å². The molecule has 2 aromatic rings. The summed E-state index contributed by atoms with van der Waals surface area (Å²) in [5.41, 5.74) is 7.36. The molecule has 0 bridgehead atoms. The molecule has 3 rings (SSSR count). The highest BCUT2D eigenvalue weighted by Gasteiger charge is 2.23. The maximum atomic E-state index is 5.81. The van der Waals surface area contributed by atoms with Gasteiger partial charge in [-0.25, -0.2) is 15.0 Å². The van der Waals surface area contributed by atoms with Gasteiger partial charge in [0.05, 0.1) is 6.33 Å². The molecule has 0 saturated carbocycles. The number of hydrogen-bond donors (Lipinski definition) is 1. The molecule has 6 heteroatoms. The van der Waals surface area contributed by atoms with Crippen LogP contribution in [0.25, 0.3) is 11.2 Å². The van der Waals surface area contributed by atoms with Crippen LogP contribution >= 0.6 is 0 Å². The summed E-state index contributed by atoms with van der Waals surface area (Å²) in [6.45, 7) is 7.99. The molecule has 2 atom stereocenters. The lowest BCUT2D eigenvalue weighted by Gasteiger charge is -2.37. The van der Waals surface area contributed by atoms with E-state index in [4.69, 9.17) is 5.73 Å². The Morgan fingerprint density at radius 1 is 1.24 bits per heavy atom. The molecule has 0 spiro atoms. The van der Waals surface area contributed by atoms with Gasteiger partial charge < -0.3 is 15.2 Å². The van der Waals surface area contributed by atoms with E-state index in [9.17, 15) is 0 Å². The van der Waals surface area contributed by atoms with E-state index >= 15 is 0 Å². The zero-order valence-electron chi connectivity index (χ0n) is 12.9. The zero-order chi connectivity index (χ0) is 14.8. The van der Waals surface area contributed by atoms with Crippen LogP contribution in [0.4, 0.5) is 5.82 Å². The van der Waals surface area contributed by atoms with Crippen LogP contribution in [0.2, 0.25) is 0 Å². The number of nitrogen functional groups attached to an aromatic ring is 1. The number of aromatic nitrogens is 4. The van der Waals surface area contributed by atoms with Gasteiger partial charge in [-0.3, -0.25) is 0 Å². The van der Waals surface area contributed by atoms with Crippen LogP contribution in [0.5, 0.6) is 0 Å². The van der Waals surface area contributed by atoms with Crippen molar-refractivity contribution in [3.05, 3.63) is 12.7 Å². The van der Waals surface area contributed by atoms with Crippen molar-refractivity contribution >= 4 is 17.0 Å². The number of anilines is 1. The smallest absolute Gasteiger partial charge is 0.165 e. The van der Waals surface area contributed by atoms with E-state index in [1.54, 1.807) is 0 Å². The first-order valence-electron chi connectivity index (χ1n) is 7.82. The molecule has 0 aliphatic carbocycles. The van der Waals surface area contributed by atoms with Crippen LogP contribution < -0.4 is 5.73 Å². The quantitative estimate of drug-likeness (QED) is 0.930. The average molecular weight is 288 g/mol. The van der Waals surface area contributed by atoms with Crippen molar-refractivity contribution < 1.29 is 0 Å². The predicted octanol–water partition coefficient (Wildman–Crippen LogP) is 1.92. The fourth-order valence-corrected chi connectivity index (χ4v) is 3.24. The SMILES string of the molecule is CC1CCCN(CCCn2cnc3c(N)ncnc32)C1C. The van der Waals surface area contributed by atoms with Crippen LogP contribution in [0.15, 0.2) is 12.7 Å². The summed E-state index contributed by atoms with van der Waals surface area (Å²) in [4.78, 5) is 15.2. The largest absolute Gasteiger partial charge is 0.382 e. The second-order valence-corrected chi connectivity index (χ2v) is 6.12. The van der Waals surface area contributed by atoms with Crippen LogP contribution in [0.3, 0.4) is 0 Å². The first-order valence-corrected chi connectivity index (χ1v) is 7.82. The van der Waals surface area contributed by atoms with E-state index in [1.165, 1.54) is 25.7 Å². The molecule has 1 fully saturated rings. The van der Waals surface area contributed by atoms with Gasteiger partial charge in [0, 0.05) is 19.1 Å². The zero-order valence-corrected chi connectivity index (χ0v) is 12.9. The molecule has 2 unspecified atom stereocenters. The molecular formula is C15H24N6. The van der Waals surface area contributed by atoms with E-state index in [2.05, 4.69) is 38.3 Å². The maximum absolute atomic E-state index is 5.81. The first kappa shape index (κ1) is 14.3. The third-order valence-electron chi connectivity index (χ3n) is 4.78. The summed E-state index contributed by atoms with van der Waals surface area (Å²) in [6, 6.07) is 0.691. The van der Waals surface area contributed by atoms with E-state index in [0.29, 0.717) is 17.4 Å². The van der Waals surface area contributed by atoms with Gasteiger partial charge in [-0.1, -0.05) is 6.92 Å². The molecule has 2 aromatic heterocycles. The Morgan fingerprint density at radius 3 is 2.95 bits per heavy atom. The Hall–Kier alpha value is -1.69. The lowest BCUT2D eigenvalue weighted by molar-refractivity contribution is 0.111. The van der Waals surface area contributed by atoms with Gasteiger partial charge in [0.25, 0.3) is 0 Å². The summed E-state index contributed by atoms with van der Waals surface area (Å²) in [6.07, 6.45) is 7.11. The van der Waals surface area contributed by atoms with E-state index in [0.717, 1.165) is 31.1 Å². The van der Waals surface area contributed by atoms with Gasteiger partial charge in [0.2, 0.25) is 0 Å². The number of imidazole rings is 1. The second kappa shape index (κ2) is 5.97. The number of aryl methyl sites for hydroxylation is 1. The summed E-state index contributed by atoms with van der Waals surface area (Å²) >= 11 is 0. The van der Waals surface area contributed by atoms with Gasteiger partial charge in [-0.2, -0.15) is 0 Å². The molecule has 6 nitrogen and oxygen atoms in total. The number of nitrogens with zero attached hydrogens (tertiary/aromatic N) is 5. The number of piperidine rings is 1. The summed E-state index contributed by atoms with van der Waals surface area (Å²) in [7, 11) is 0. The van der Waals surface area contributed by atoms with Crippen molar-refractivity contribution in [3.63, 3.8) is 0 Å².